The number of thiol groups is 1. The van der Waals surface area contributed by atoms with Crippen molar-refractivity contribution in [3.63, 3.8) is 0 Å². The van der Waals surface area contributed by atoms with E-state index in [4.69, 9.17) is 5.14 Å². The second-order valence-electron chi connectivity index (χ2n) is 6.31. The highest BCUT2D eigenvalue weighted by molar-refractivity contribution is 7.83. The van der Waals surface area contributed by atoms with Crippen molar-refractivity contribution in [3.05, 3.63) is 36.4 Å². The van der Waals surface area contributed by atoms with Crippen LogP contribution in [0.1, 0.15) is 45.4 Å². The zero-order valence-corrected chi connectivity index (χ0v) is 17.4. The van der Waals surface area contributed by atoms with Gasteiger partial charge in [0.05, 0.1) is 4.90 Å². The highest BCUT2D eigenvalue weighted by Gasteiger charge is 2.08. The van der Waals surface area contributed by atoms with Crippen LogP contribution in [-0.4, -0.2) is 24.1 Å². The van der Waals surface area contributed by atoms with E-state index in [-0.39, 0.29) is 0 Å². The summed E-state index contributed by atoms with van der Waals surface area (Å²) in [6, 6.07) is 11.6. The Morgan fingerprint density at radius 3 is 2.16 bits per heavy atom. The predicted octanol–water partition coefficient (Wildman–Crippen LogP) is 5.16. The van der Waals surface area contributed by atoms with Crippen LogP contribution in [-0.2, 0) is 11.0 Å². The highest BCUT2D eigenvalue weighted by atomic mass is 32.2. The quantitative estimate of drug-likeness (QED) is 0.490. The van der Waals surface area contributed by atoms with E-state index in [1.807, 2.05) is 49.3 Å². The lowest BCUT2D eigenvalue weighted by molar-refractivity contribution is 0.627. The van der Waals surface area contributed by atoms with Crippen molar-refractivity contribution < 1.29 is 4.21 Å². The summed E-state index contributed by atoms with van der Waals surface area (Å²) in [7, 11) is 2.53. The number of fused-ring (bicyclic) bond motifs is 1. The summed E-state index contributed by atoms with van der Waals surface area (Å²) in [5.74, 6) is 1.06. The first-order valence-electron chi connectivity index (χ1n) is 8.99. The minimum absolute atomic E-state index is 0.682. The van der Waals surface area contributed by atoms with Crippen LogP contribution in [0.25, 0.3) is 10.8 Å². The van der Waals surface area contributed by atoms with E-state index in [0.717, 1.165) is 22.2 Å². The van der Waals surface area contributed by atoms with Crippen molar-refractivity contribution >= 4 is 40.1 Å². The van der Waals surface area contributed by atoms with Crippen molar-refractivity contribution in [2.75, 3.05) is 24.7 Å². The first-order chi connectivity index (χ1) is 12.0. The van der Waals surface area contributed by atoms with Gasteiger partial charge in [0.25, 0.3) is 0 Å². The summed E-state index contributed by atoms with van der Waals surface area (Å²) in [5.41, 5.74) is 1.10. The van der Waals surface area contributed by atoms with E-state index < -0.39 is 11.0 Å². The second-order valence-corrected chi connectivity index (χ2v) is 7.79. The fourth-order valence-electron chi connectivity index (χ4n) is 2.72. The molecule has 2 rings (SSSR count). The Balaban J connectivity index is 0.000000299. The maximum Gasteiger partial charge on any atom is 0.122 e. The van der Waals surface area contributed by atoms with E-state index in [1.165, 1.54) is 38.5 Å². The van der Waals surface area contributed by atoms with Gasteiger partial charge in [0.2, 0.25) is 0 Å². The Kier molecular flexibility index (Phi) is 10.9. The largest absolute Gasteiger partial charge is 0.377 e. The van der Waals surface area contributed by atoms with E-state index in [1.54, 1.807) is 6.07 Å². The van der Waals surface area contributed by atoms with Crippen molar-refractivity contribution in [3.8, 4) is 0 Å². The molecule has 0 saturated heterocycles. The minimum Gasteiger partial charge on any atom is -0.377 e. The minimum atomic E-state index is -1.44. The molecule has 0 aromatic heterocycles. The average Bonchev–Trinajstić information content (AvgIpc) is 2.61. The van der Waals surface area contributed by atoms with Gasteiger partial charge in [-0.15, -0.1) is 0 Å². The average molecular weight is 381 g/mol. The molecule has 3 nitrogen and oxygen atoms in total. The molecule has 0 heterocycles. The van der Waals surface area contributed by atoms with Crippen LogP contribution in [0.15, 0.2) is 41.3 Å². The Morgan fingerprint density at radius 2 is 1.56 bits per heavy atom. The molecule has 0 amide bonds. The van der Waals surface area contributed by atoms with Crippen LogP contribution in [0, 0.1) is 0 Å². The van der Waals surface area contributed by atoms with Gasteiger partial charge in [0.1, 0.15) is 11.0 Å². The molecule has 0 bridgehead atoms. The molecular formula is C20H32N2OS2. The van der Waals surface area contributed by atoms with Crippen LogP contribution in [0.3, 0.4) is 0 Å². The van der Waals surface area contributed by atoms with Gasteiger partial charge >= 0.3 is 0 Å². The first kappa shape index (κ1) is 22.0. The molecule has 0 aliphatic heterocycles. The van der Waals surface area contributed by atoms with Gasteiger partial charge in [0, 0.05) is 30.6 Å². The Morgan fingerprint density at radius 1 is 0.960 bits per heavy atom. The molecule has 0 aliphatic rings. The van der Waals surface area contributed by atoms with Gasteiger partial charge in [-0.2, -0.15) is 12.6 Å². The number of nitrogens with two attached hydrogens (primary N) is 1. The summed E-state index contributed by atoms with van der Waals surface area (Å²) in [5, 5.41) is 7.49. The van der Waals surface area contributed by atoms with Gasteiger partial charge in [-0.25, -0.2) is 9.35 Å². The molecule has 2 aromatic carbocycles. The molecular weight excluding hydrogens is 348 g/mol. The molecule has 0 aliphatic carbocycles. The number of nitrogens with zero attached hydrogens (tertiary/aromatic N) is 1. The topological polar surface area (TPSA) is 46.3 Å². The molecule has 5 heteroatoms. The van der Waals surface area contributed by atoms with Gasteiger partial charge in [-0.05, 0) is 24.3 Å². The summed E-state index contributed by atoms with van der Waals surface area (Å²) in [4.78, 5) is 2.71. The van der Waals surface area contributed by atoms with E-state index >= 15 is 0 Å². The fourth-order valence-corrected chi connectivity index (χ4v) is 3.55. The fraction of sp³-hybridized carbons (Fsp3) is 0.500. The van der Waals surface area contributed by atoms with Crippen molar-refractivity contribution in [2.45, 2.75) is 50.3 Å². The number of unbranched alkanes of at least 4 members (excludes halogenated alkanes) is 5. The predicted molar refractivity (Wildman–Crippen MR) is 116 cm³/mol. The molecule has 2 aromatic rings. The van der Waals surface area contributed by atoms with Crippen LogP contribution < -0.4 is 10.0 Å². The smallest absolute Gasteiger partial charge is 0.122 e. The summed E-state index contributed by atoms with van der Waals surface area (Å²) >= 11 is 4.15. The Bertz CT molecular complexity index is 653. The third-order valence-corrected chi connectivity index (χ3v) is 5.17. The first-order valence-corrected chi connectivity index (χ1v) is 10.8. The van der Waals surface area contributed by atoms with Crippen LogP contribution >= 0.6 is 12.6 Å². The van der Waals surface area contributed by atoms with Crippen molar-refractivity contribution in [1.82, 2.24) is 0 Å². The lowest BCUT2D eigenvalue weighted by Crippen LogP contribution is -2.09. The third-order valence-electron chi connectivity index (χ3n) is 4.07. The molecule has 0 saturated carbocycles. The van der Waals surface area contributed by atoms with Gasteiger partial charge in [-0.1, -0.05) is 63.3 Å². The number of benzene rings is 2. The molecule has 140 valence electrons. The second kappa shape index (κ2) is 12.3. The normalized spacial score (nSPS) is 11.7. The molecule has 0 fully saturated rings. The van der Waals surface area contributed by atoms with Crippen molar-refractivity contribution in [2.24, 2.45) is 5.14 Å². The molecule has 2 N–H and O–H groups in total. The number of anilines is 1. The molecule has 1 unspecified atom stereocenters. The Hall–Kier alpha value is -1.04. The van der Waals surface area contributed by atoms with Crippen LogP contribution in [0.4, 0.5) is 5.69 Å². The van der Waals surface area contributed by atoms with Gasteiger partial charge in [0.15, 0.2) is 0 Å². The van der Waals surface area contributed by atoms with E-state index in [0.29, 0.717) is 4.90 Å². The zero-order chi connectivity index (χ0) is 18.7. The maximum absolute atomic E-state index is 11.4. The zero-order valence-electron chi connectivity index (χ0n) is 15.7. The van der Waals surface area contributed by atoms with E-state index in [2.05, 4.69) is 19.6 Å². The summed E-state index contributed by atoms with van der Waals surface area (Å²) < 4.78 is 11.4. The molecule has 0 spiro atoms. The lowest BCUT2D eigenvalue weighted by Gasteiger charge is -2.16. The lowest BCUT2D eigenvalue weighted by atomic mass is 10.1. The standard InChI is InChI=1S/C12H14N2OS.C8H18S/c1-14(2)11-7-3-6-10-9(11)5-4-8-12(10)16(13)15;1-2-3-4-5-6-7-8-9/h3-8H,13H2,1-2H3;9H,2-8H2,1H3. The number of hydrogen-bond donors (Lipinski definition) is 2. The maximum atomic E-state index is 11.4. The number of hydrogen-bond acceptors (Lipinski definition) is 3. The molecule has 1 atom stereocenters. The van der Waals surface area contributed by atoms with Crippen LogP contribution in [0.5, 0.6) is 0 Å². The number of rotatable bonds is 8. The molecule has 0 radical (unpaired) electrons. The van der Waals surface area contributed by atoms with Gasteiger partial charge in [-0.3, -0.25) is 0 Å². The SMILES string of the molecule is CCCCCCCCS.CN(C)c1cccc2c(S(N)=O)cccc12. The monoisotopic (exact) mass is 380 g/mol. The third kappa shape index (κ3) is 7.38. The summed E-state index contributed by atoms with van der Waals surface area (Å²) in [6.07, 6.45) is 8.27. The van der Waals surface area contributed by atoms with Gasteiger partial charge < -0.3 is 4.90 Å². The Labute approximate surface area is 161 Å². The van der Waals surface area contributed by atoms with Crippen molar-refractivity contribution in [1.29, 1.82) is 0 Å². The summed E-state index contributed by atoms with van der Waals surface area (Å²) in [6.45, 7) is 2.25. The molecule has 25 heavy (non-hydrogen) atoms. The van der Waals surface area contributed by atoms with Crippen LogP contribution in [0.2, 0.25) is 0 Å². The van der Waals surface area contributed by atoms with E-state index in [9.17, 15) is 4.21 Å². The highest BCUT2D eigenvalue weighted by Crippen LogP contribution is 2.28.